The van der Waals surface area contributed by atoms with E-state index >= 15 is 0 Å². The zero-order chi connectivity index (χ0) is 11.4. The van der Waals surface area contributed by atoms with Crippen LogP contribution in [0.1, 0.15) is 36.4 Å². The molecule has 1 fully saturated rings. The van der Waals surface area contributed by atoms with Gasteiger partial charge in [-0.3, -0.25) is 11.3 Å². The van der Waals surface area contributed by atoms with Crippen molar-refractivity contribution in [2.75, 3.05) is 13.2 Å². The summed E-state index contributed by atoms with van der Waals surface area (Å²) in [6.45, 7) is 3.97. The Morgan fingerprint density at radius 2 is 2.25 bits per heavy atom. The molecule has 4 heteroatoms. The lowest BCUT2D eigenvalue weighted by atomic mass is 9.90. The fraction of sp³-hybridized carbons (Fsp3) is 0.667. The molecule has 3 N–H and O–H groups in total. The van der Waals surface area contributed by atoms with Crippen LogP contribution in [0, 0.1) is 12.8 Å². The summed E-state index contributed by atoms with van der Waals surface area (Å²) in [4.78, 5) is 0. The van der Waals surface area contributed by atoms with Crippen LogP contribution in [0.15, 0.2) is 10.8 Å². The molecule has 1 atom stereocenters. The second-order valence-electron chi connectivity index (χ2n) is 4.52. The molecule has 0 radical (unpaired) electrons. The van der Waals surface area contributed by atoms with Crippen LogP contribution < -0.4 is 11.3 Å². The van der Waals surface area contributed by atoms with Crippen molar-refractivity contribution in [3.63, 3.8) is 0 Å². The van der Waals surface area contributed by atoms with E-state index in [2.05, 4.69) is 23.1 Å². The molecular formula is C12H20N2OS. The average molecular weight is 240 g/mol. The van der Waals surface area contributed by atoms with E-state index in [1.165, 1.54) is 24.0 Å². The summed E-state index contributed by atoms with van der Waals surface area (Å²) in [5.74, 6) is 6.42. The third-order valence-electron chi connectivity index (χ3n) is 3.38. The molecule has 1 saturated heterocycles. The van der Waals surface area contributed by atoms with Crippen LogP contribution in [0.3, 0.4) is 0 Å². The molecule has 0 aliphatic carbocycles. The van der Waals surface area contributed by atoms with Crippen LogP contribution in [-0.2, 0) is 4.74 Å². The highest BCUT2D eigenvalue weighted by atomic mass is 32.1. The van der Waals surface area contributed by atoms with E-state index in [-0.39, 0.29) is 0 Å². The molecule has 0 aromatic carbocycles. The molecular weight excluding hydrogens is 220 g/mol. The highest BCUT2D eigenvalue weighted by Crippen LogP contribution is 2.30. The Morgan fingerprint density at radius 1 is 1.50 bits per heavy atom. The molecule has 3 nitrogen and oxygen atoms in total. The van der Waals surface area contributed by atoms with Gasteiger partial charge in [-0.15, -0.1) is 0 Å². The number of aryl methyl sites for hydroxylation is 1. The average Bonchev–Trinajstić information content (AvgIpc) is 2.74. The largest absolute Gasteiger partial charge is 0.381 e. The number of hydrazine groups is 1. The summed E-state index contributed by atoms with van der Waals surface area (Å²) in [6.07, 6.45) is 3.46. The lowest BCUT2D eigenvalue weighted by Gasteiger charge is -2.26. The maximum atomic E-state index is 5.67. The molecule has 1 aromatic rings. The van der Waals surface area contributed by atoms with Crippen molar-refractivity contribution in [2.45, 2.75) is 32.2 Å². The number of thiophene rings is 1. The minimum Gasteiger partial charge on any atom is -0.381 e. The number of ether oxygens (including phenoxy) is 1. The van der Waals surface area contributed by atoms with E-state index in [9.17, 15) is 0 Å². The molecule has 0 amide bonds. The fourth-order valence-electron chi connectivity index (χ4n) is 2.33. The number of rotatable bonds is 4. The molecule has 1 aliphatic rings. The quantitative estimate of drug-likeness (QED) is 0.627. The van der Waals surface area contributed by atoms with Crippen LogP contribution in [0.4, 0.5) is 0 Å². The van der Waals surface area contributed by atoms with E-state index in [0.29, 0.717) is 6.04 Å². The molecule has 1 aromatic heterocycles. The maximum Gasteiger partial charge on any atom is 0.0473 e. The molecule has 16 heavy (non-hydrogen) atoms. The molecule has 1 aliphatic heterocycles. The minimum atomic E-state index is 0.300. The number of nitrogens with two attached hydrogens (primary N) is 1. The van der Waals surface area contributed by atoms with Crippen molar-refractivity contribution in [1.29, 1.82) is 0 Å². The highest BCUT2D eigenvalue weighted by molar-refractivity contribution is 7.08. The van der Waals surface area contributed by atoms with Crippen LogP contribution in [-0.4, -0.2) is 13.2 Å². The maximum absolute atomic E-state index is 5.67. The first-order valence-corrected chi connectivity index (χ1v) is 6.82. The zero-order valence-corrected chi connectivity index (χ0v) is 10.6. The summed E-state index contributed by atoms with van der Waals surface area (Å²) in [5.41, 5.74) is 5.67. The van der Waals surface area contributed by atoms with E-state index in [1.54, 1.807) is 11.3 Å². The third-order valence-corrected chi connectivity index (χ3v) is 4.26. The predicted molar refractivity (Wildman–Crippen MR) is 67.3 cm³/mol. The van der Waals surface area contributed by atoms with Gasteiger partial charge in [-0.05, 0) is 54.0 Å². The minimum absolute atomic E-state index is 0.300. The first kappa shape index (κ1) is 12.0. The number of hydrogen-bond donors (Lipinski definition) is 2. The highest BCUT2D eigenvalue weighted by Gasteiger charge is 2.21. The molecule has 0 bridgehead atoms. The van der Waals surface area contributed by atoms with Gasteiger partial charge in [0.15, 0.2) is 0 Å². The zero-order valence-electron chi connectivity index (χ0n) is 9.74. The monoisotopic (exact) mass is 240 g/mol. The van der Waals surface area contributed by atoms with Gasteiger partial charge in [-0.1, -0.05) is 0 Å². The van der Waals surface area contributed by atoms with Crippen molar-refractivity contribution in [2.24, 2.45) is 11.8 Å². The molecule has 90 valence electrons. The SMILES string of the molecule is Cc1cscc1C(CC1CCOCC1)NN. The van der Waals surface area contributed by atoms with Gasteiger partial charge in [0.2, 0.25) is 0 Å². The van der Waals surface area contributed by atoms with E-state index < -0.39 is 0 Å². The van der Waals surface area contributed by atoms with Crippen LogP contribution >= 0.6 is 11.3 Å². The fourth-order valence-corrected chi connectivity index (χ4v) is 3.23. The van der Waals surface area contributed by atoms with Gasteiger partial charge in [0.1, 0.15) is 0 Å². The first-order chi connectivity index (χ1) is 7.81. The van der Waals surface area contributed by atoms with E-state index in [0.717, 1.165) is 25.6 Å². The Labute approximate surface area is 101 Å². The smallest absolute Gasteiger partial charge is 0.0473 e. The van der Waals surface area contributed by atoms with E-state index in [1.807, 2.05) is 0 Å². The van der Waals surface area contributed by atoms with Crippen molar-refractivity contribution in [3.8, 4) is 0 Å². The summed E-state index contributed by atoms with van der Waals surface area (Å²) >= 11 is 1.75. The second-order valence-corrected chi connectivity index (χ2v) is 5.26. The van der Waals surface area contributed by atoms with Crippen LogP contribution in [0.25, 0.3) is 0 Å². The lowest BCUT2D eigenvalue weighted by molar-refractivity contribution is 0.0605. The molecule has 1 unspecified atom stereocenters. The van der Waals surface area contributed by atoms with Gasteiger partial charge < -0.3 is 4.74 Å². The topological polar surface area (TPSA) is 47.3 Å². The second kappa shape index (κ2) is 5.77. The van der Waals surface area contributed by atoms with Gasteiger partial charge in [0.05, 0.1) is 0 Å². The number of hydrogen-bond acceptors (Lipinski definition) is 4. The molecule has 0 saturated carbocycles. The third kappa shape index (κ3) is 2.83. The lowest BCUT2D eigenvalue weighted by Crippen LogP contribution is -2.31. The Balaban J connectivity index is 1.97. The summed E-state index contributed by atoms with van der Waals surface area (Å²) in [6, 6.07) is 0.300. The van der Waals surface area contributed by atoms with Gasteiger partial charge in [-0.2, -0.15) is 11.3 Å². The van der Waals surface area contributed by atoms with E-state index in [4.69, 9.17) is 10.6 Å². The number of nitrogens with one attached hydrogen (secondary N) is 1. The first-order valence-electron chi connectivity index (χ1n) is 5.88. The summed E-state index contributed by atoms with van der Waals surface area (Å²) in [5, 5.41) is 4.39. The predicted octanol–water partition coefficient (Wildman–Crippen LogP) is 2.38. The normalized spacial score (nSPS) is 19.9. The molecule has 0 spiro atoms. The van der Waals surface area contributed by atoms with Gasteiger partial charge in [-0.25, -0.2) is 0 Å². The van der Waals surface area contributed by atoms with Gasteiger partial charge in [0.25, 0.3) is 0 Å². The van der Waals surface area contributed by atoms with Crippen molar-refractivity contribution >= 4 is 11.3 Å². The Kier molecular flexibility index (Phi) is 4.35. The Morgan fingerprint density at radius 3 is 2.81 bits per heavy atom. The summed E-state index contributed by atoms with van der Waals surface area (Å²) < 4.78 is 5.38. The molecule has 2 rings (SSSR count). The van der Waals surface area contributed by atoms with Crippen LogP contribution in [0.5, 0.6) is 0 Å². The van der Waals surface area contributed by atoms with Gasteiger partial charge in [0, 0.05) is 19.3 Å². The van der Waals surface area contributed by atoms with Gasteiger partial charge >= 0.3 is 0 Å². The van der Waals surface area contributed by atoms with Crippen molar-refractivity contribution in [3.05, 3.63) is 21.9 Å². The Hall–Kier alpha value is -0.420. The molecule has 2 heterocycles. The Bertz CT molecular complexity index is 321. The van der Waals surface area contributed by atoms with Crippen molar-refractivity contribution in [1.82, 2.24) is 5.43 Å². The summed E-state index contributed by atoms with van der Waals surface area (Å²) in [7, 11) is 0. The van der Waals surface area contributed by atoms with Crippen LogP contribution in [0.2, 0.25) is 0 Å². The van der Waals surface area contributed by atoms with Crippen molar-refractivity contribution < 1.29 is 4.74 Å². The standard InChI is InChI=1S/C12H20N2OS/c1-9-7-16-8-11(9)12(14-13)6-10-2-4-15-5-3-10/h7-8,10,12,14H,2-6,13H2,1H3.